The normalized spacial score (nSPS) is 16.7. The number of likely N-dealkylation sites (tertiary alicyclic amines) is 1. The van der Waals surface area contributed by atoms with E-state index >= 15 is 0 Å². The third-order valence-corrected chi connectivity index (χ3v) is 4.82. The highest BCUT2D eigenvalue weighted by molar-refractivity contribution is 6.31. The average molecular weight is 436 g/mol. The standard InChI is InChI=1S/C19H29ClF3N5O/c1-3-8-28-9-5-15(6-10-28)27-18(24-4-2)25-7-11-29-17-16(20)12-14(13-26-17)19(21,22)23/h12-13,15H,3-11H2,1-2H3,(H2,24,25,27). The van der Waals surface area contributed by atoms with Gasteiger partial charge in [-0.1, -0.05) is 18.5 Å². The Morgan fingerprint density at radius 3 is 2.66 bits per heavy atom. The molecule has 1 aromatic rings. The number of halogens is 4. The highest BCUT2D eigenvalue weighted by Gasteiger charge is 2.31. The van der Waals surface area contributed by atoms with E-state index in [1.165, 1.54) is 6.42 Å². The van der Waals surface area contributed by atoms with Gasteiger partial charge in [0.15, 0.2) is 5.96 Å². The van der Waals surface area contributed by atoms with Crippen LogP contribution in [0.25, 0.3) is 0 Å². The van der Waals surface area contributed by atoms with Gasteiger partial charge >= 0.3 is 6.18 Å². The van der Waals surface area contributed by atoms with Crippen molar-refractivity contribution < 1.29 is 17.9 Å². The maximum absolute atomic E-state index is 12.6. The van der Waals surface area contributed by atoms with Crippen LogP contribution in [0.5, 0.6) is 5.88 Å². The molecule has 2 rings (SSSR count). The zero-order valence-electron chi connectivity index (χ0n) is 16.9. The number of ether oxygens (including phenoxy) is 1. The molecule has 10 heteroatoms. The molecule has 2 N–H and O–H groups in total. The van der Waals surface area contributed by atoms with E-state index in [4.69, 9.17) is 16.3 Å². The maximum Gasteiger partial charge on any atom is 0.417 e. The predicted octanol–water partition coefficient (Wildman–Crippen LogP) is 3.56. The fraction of sp³-hybridized carbons (Fsp3) is 0.684. The lowest BCUT2D eigenvalue weighted by Gasteiger charge is -2.32. The Morgan fingerprint density at radius 1 is 1.34 bits per heavy atom. The van der Waals surface area contributed by atoms with E-state index in [0.717, 1.165) is 45.1 Å². The average Bonchev–Trinajstić information content (AvgIpc) is 2.67. The first-order chi connectivity index (χ1) is 13.8. The highest BCUT2D eigenvalue weighted by atomic mass is 35.5. The third kappa shape index (κ3) is 7.89. The molecule has 0 unspecified atom stereocenters. The molecule has 0 saturated carbocycles. The number of rotatable bonds is 8. The van der Waals surface area contributed by atoms with Crippen molar-refractivity contribution in [1.29, 1.82) is 0 Å². The summed E-state index contributed by atoms with van der Waals surface area (Å²) in [5.74, 6) is 0.674. The Labute approximate surface area is 174 Å². The zero-order chi connectivity index (χ0) is 21.3. The van der Waals surface area contributed by atoms with E-state index < -0.39 is 11.7 Å². The second-order valence-corrected chi connectivity index (χ2v) is 7.29. The second-order valence-electron chi connectivity index (χ2n) is 6.88. The van der Waals surface area contributed by atoms with Gasteiger partial charge in [0.25, 0.3) is 0 Å². The van der Waals surface area contributed by atoms with Gasteiger partial charge in [0, 0.05) is 31.9 Å². The Balaban J connectivity index is 1.82. The van der Waals surface area contributed by atoms with Crippen LogP contribution in [0.3, 0.4) is 0 Å². The van der Waals surface area contributed by atoms with Crippen LogP contribution in [0.2, 0.25) is 5.02 Å². The molecule has 164 valence electrons. The van der Waals surface area contributed by atoms with Crippen LogP contribution in [-0.2, 0) is 6.18 Å². The zero-order valence-corrected chi connectivity index (χ0v) is 17.6. The molecule has 0 atom stereocenters. The largest absolute Gasteiger partial charge is 0.475 e. The summed E-state index contributed by atoms with van der Waals surface area (Å²) in [5.41, 5.74) is -0.906. The molecular formula is C19H29ClF3N5O. The van der Waals surface area contributed by atoms with E-state index in [0.29, 0.717) is 24.7 Å². The van der Waals surface area contributed by atoms with Gasteiger partial charge in [-0.15, -0.1) is 0 Å². The summed E-state index contributed by atoms with van der Waals surface area (Å²) in [4.78, 5) is 10.6. The smallest absolute Gasteiger partial charge is 0.417 e. The van der Waals surface area contributed by atoms with Gasteiger partial charge in [-0.2, -0.15) is 13.2 Å². The quantitative estimate of drug-likeness (QED) is 0.371. The van der Waals surface area contributed by atoms with Crippen molar-refractivity contribution in [2.45, 2.75) is 45.3 Å². The number of pyridine rings is 1. The number of hydrogen-bond acceptors (Lipinski definition) is 4. The van der Waals surface area contributed by atoms with Crippen molar-refractivity contribution in [3.63, 3.8) is 0 Å². The van der Waals surface area contributed by atoms with Gasteiger partial charge in [-0.05, 0) is 38.8 Å². The van der Waals surface area contributed by atoms with Crippen molar-refractivity contribution in [3.8, 4) is 5.88 Å². The van der Waals surface area contributed by atoms with Crippen LogP contribution in [0, 0.1) is 0 Å². The lowest BCUT2D eigenvalue weighted by Crippen LogP contribution is -2.48. The van der Waals surface area contributed by atoms with E-state index in [2.05, 4.69) is 32.4 Å². The number of alkyl halides is 3. The fourth-order valence-corrected chi connectivity index (χ4v) is 3.34. The number of hydrogen-bond donors (Lipinski definition) is 2. The van der Waals surface area contributed by atoms with Gasteiger partial charge in [-0.25, -0.2) is 9.98 Å². The van der Waals surface area contributed by atoms with Crippen molar-refractivity contribution in [2.24, 2.45) is 4.99 Å². The lowest BCUT2D eigenvalue weighted by molar-refractivity contribution is -0.137. The summed E-state index contributed by atoms with van der Waals surface area (Å²) in [6.45, 7) is 8.68. The van der Waals surface area contributed by atoms with Gasteiger partial charge in [0.1, 0.15) is 11.6 Å². The summed E-state index contributed by atoms with van der Waals surface area (Å²) < 4.78 is 43.3. The van der Waals surface area contributed by atoms with Crippen LogP contribution in [0.1, 0.15) is 38.7 Å². The number of aromatic nitrogens is 1. The number of piperidine rings is 1. The van der Waals surface area contributed by atoms with E-state index in [1.807, 2.05) is 6.92 Å². The Kier molecular flexibility index (Phi) is 9.29. The second kappa shape index (κ2) is 11.4. The molecule has 0 spiro atoms. The summed E-state index contributed by atoms with van der Waals surface area (Å²) in [6, 6.07) is 1.18. The van der Waals surface area contributed by atoms with Crippen LogP contribution < -0.4 is 15.4 Å². The summed E-state index contributed by atoms with van der Waals surface area (Å²) in [6.07, 6.45) is -0.489. The van der Waals surface area contributed by atoms with E-state index in [9.17, 15) is 13.2 Å². The highest BCUT2D eigenvalue weighted by Crippen LogP contribution is 2.33. The number of guanidine groups is 1. The molecular weight excluding hydrogens is 407 g/mol. The minimum absolute atomic E-state index is 0.0314. The first kappa shape index (κ1) is 23.5. The molecule has 0 amide bonds. The van der Waals surface area contributed by atoms with E-state index in [1.54, 1.807) is 0 Å². The molecule has 1 fully saturated rings. The first-order valence-corrected chi connectivity index (χ1v) is 10.3. The molecule has 1 aromatic heterocycles. The molecule has 0 bridgehead atoms. The van der Waals surface area contributed by atoms with Crippen LogP contribution in [0.15, 0.2) is 17.3 Å². The molecule has 0 aromatic carbocycles. The molecule has 1 aliphatic rings. The number of nitrogens with one attached hydrogen (secondary N) is 2. The van der Waals surface area contributed by atoms with Gasteiger partial charge < -0.3 is 20.3 Å². The van der Waals surface area contributed by atoms with Gasteiger partial charge in [0.2, 0.25) is 5.88 Å². The first-order valence-electron chi connectivity index (χ1n) is 9.96. The van der Waals surface area contributed by atoms with Crippen molar-refractivity contribution >= 4 is 17.6 Å². The topological polar surface area (TPSA) is 61.8 Å². The molecule has 6 nitrogen and oxygen atoms in total. The van der Waals surface area contributed by atoms with Crippen LogP contribution >= 0.6 is 11.6 Å². The van der Waals surface area contributed by atoms with Gasteiger partial charge in [-0.3, -0.25) is 0 Å². The van der Waals surface area contributed by atoms with Gasteiger partial charge in [0.05, 0.1) is 12.1 Å². The van der Waals surface area contributed by atoms with E-state index in [-0.39, 0.29) is 17.5 Å². The fourth-order valence-electron chi connectivity index (χ4n) is 3.12. The van der Waals surface area contributed by atoms with Crippen LogP contribution in [0.4, 0.5) is 13.2 Å². The third-order valence-electron chi connectivity index (χ3n) is 4.55. The van der Waals surface area contributed by atoms with Crippen molar-refractivity contribution in [1.82, 2.24) is 20.5 Å². The minimum atomic E-state index is -4.49. The molecule has 0 radical (unpaired) electrons. The van der Waals surface area contributed by atoms with Crippen molar-refractivity contribution in [2.75, 3.05) is 39.3 Å². The predicted molar refractivity (Wildman–Crippen MR) is 109 cm³/mol. The Hall–Kier alpha value is -1.74. The Morgan fingerprint density at radius 2 is 2.07 bits per heavy atom. The molecule has 1 saturated heterocycles. The minimum Gasteiger partial charge on any atom is -0.475 e. The summed E-state index contributed by atoms with van der Waals surface area (Å²) in [5, 5.41) is 6.47. The summed E-state index contributed by atoms with van der Waals surface area (Å²) in [7, 11) is 0. The Bertz CT molecular complexity index is 664. The molecule has 1 aliphatic heterocycles. The summed E-state index contributed by atoms with van der Waals surface area (Å²) >= 11 is 5.84. The SMILES string of the molecule is CCCN1CCC(NC(=NCCOc2ncc(C(F)(F)F)cc2Cl)NCC)CC1. The molecule has 0 aliphatic carbocycles. The van der Waals surface area contributed by atoms with Crippen molar-refractivity contribution in [3.05, 3.63) is 22.8 Å². The van der Waals surface area contributed by atoms with Crippen LogP contribution in [-0.4, -0.2) is 61.2 Å². The maximum atomic E-state index is 12.6. The monoisotopic (exact) mass is 435 g/mol. The lowest BCUT2D eigenvalue weighted by atomic mass is 10.1. The number of nitrogens with zero attached hydrogens (tertiary/aromatic N) is 3. The molecule has 29 heavy (non-hydrogen) atoms. The molecule has 2 heterocycles. The number of aliphatic imine (C=N–C) groups is 1.